The van der Waals surface area contributed by atoms with E-state index in [0.717, 1.165) is 5.56 Å². The molecule has 0 spiro atoms. The second-order valence-electron chi connectivity index (χ2n) is 6.87. The molecule has 0 aliphatic carbocycles. The van der Waals surface area contributed by atoms with Gasteiger partial charge in [-0.15, -0.1) is 0 Å². The summed E-state index contributed by atoms with van der Waals surface area (Å²) in [7, 11) is 1.22. The maximum absolute atomic E-state index is 13.0. The summed E-state index contributed by atoms with van der Waals surface area (Å²) in [5.41, 5.74) is 7.59. The Kier molecular flexibility index (Phi) is 4.92. The molecule has 140 valence electrons. The van der Waals surface area contributed by atoms with Gasteiger partial charge in [0.05, 0.1) is 0 Å². The quantitative estimate of drug-likeness (QED) is 0.856. The van der Waals surface area contributed by atoms with Crippen LogP contribution in [0.5, 0.6) is 0 Å². The highest BCUT2D eigenvalue weighted by Gasteiger charge is 2.39. The molecular formula is C18H24N4O3S. The SMILES string of the molecule is CN(C)C(=O)c1cc(S(=O)(=O)N2C[C@@H](N)[C@H](c3ccccc3)C2)cn1C. The molecule has 2 heterocycles. The van der Waals surface area contributed by atoms with E-state index in [0.29, 0.717) is 12.2 Å². The first kappa shape index (κ1) is 18.6. The number of aryl methyl sites for hydroxylation is 1. The van der Waals surface area contributed by atoms with Gasteiger partial charge in [-0.1, -0.05) is 30.3 Å². The van der Waals surface area contributed by atoms with E-state index in [-0.39, 0.29) is 29.3 Å². The largest absolute Gasteiger partial charge is 0.345 e. The van der Waals surface area contributed by atoms with Gasteiger partial charge in [0, 0.05) is 52.4 Å². The summed E-state index contributed by atoms with van der Waals surface area (Å²) < 4.78 is 29.0. The van der Waals surface area contributed by atoms with E-state index in [1.807, 2.05) is 30.3 Å². The molecule has 2 N–H and O–H groups in total. The predicted molar refractivity (Wildman–Crippen MR) is 99.3 cm³/mol. The number of hydrogen-bond donors (Lipinski definition) is 1. The number of nitrogens with zero attached hydrogens (tertiary/aromatic N) is 3. The minimum absolute atomic E-state index is 0.0439. The summed E-state index contributed by atoms with van der Waals surface area (Å²) in [4.78, 5) is 13.7. The monoisotopic (exact) mass is 376 g/mol. The number of amides is 1. The standard InChI is InChI=1S/C18H24N4O3S/c1-20(2)18(23)17-9-14(10-21(17)3)26(24,25)22-11-15(16(19)12-22)13-7-5-4-6-8-13/h4-10,15-16H,11-12,19H2,1-3H3/t15-,16+/m0/s1. The molecule has 0 saturated carbocycles. The highest BCUT2D eigenvalue weighted by atomic mass is 32.2. The average molecular weight is 376 g/mol. The molecule has 1 aromatic heterocycles. The zero-order valence-electron chi connectivity index (χ0n) is 15.2. The third-order valence-electron chi connectivity index (χ3n) is 4.80. The minimum Gasteiger partial charge on any atom is -0.345 e. The van der Waals surface area contributed by atoms with Crippen molar-refractivity contribution >= 4 is 15.9 Å². The van der Waals surface area contributed by atoms with Crippen molar-refractivity contribution in [2.75, 3.05) is 27.2 Å². The van der Waals surface area contributed by atoms with Gasteiger partial charge in [0.25, 0.3) is 5.91 Å². The van der Waals surface area contributed by atoms with Crippen molar-refractivity contribution in [2.24, 2.45) is 12.8 Å². The van der Waals surface area contributed by atoms with Crippen LogP contribution in [0.3, 0.4) is 0 Å². The van der Waals surface area contributed by atoms with Crippen LogP contribution in [-0.4, -0.2) is 61.3 Å². The second kappa shape index (κ2) is 6.86. The van der Waals surface area contributed by atoms with Crippen LogP contribution in [0, 0.1) is 0 Å². The fourth-order valence-electron chi connectivity index (χ4n) is 3.31. The number of aromatic nitrogens is 1. The van der Waals surface area contributed by atoms with Crippen LogP contribution < -0.4 is 5.73 Å². The van der Waals surface area contributed by atoms with Crippen LogP contribution >= 0.6 is 0 Å². The van der Waals surface area contributed by atoms with Gasteiger partial charge >= 0.3 is 0 Å². The highest BCUT2D eigenvalue weighted by molar-refractivity contribution is 7.89. The van der Waals surface area contributed by atoms with Gasteiger partial charge in [-0.3, -0.25) is 4.79 Å². The summed E-state index contributed by atoms with van der Waals surface area (Å²) in [6, 6.07) is 10.9. The van der Waals surface area contributed by atoms with E-state index in [4.69, 9.17) is 5.73 Å². The molecule has 0 radical (unpaired) electrons. The van der Waals surface area contributed by atoms with Crippen molar-refractivity contribution in [1.29, 1.82) is 0 Å². The number of benzene rings is 1. The normalized spacial score (nSPS) is 21.1. The topological polar surface area (TPSA) is 88.6 Å². The lowest BCUT2D eigenvalue weighted by molar-refractivity contribution is 0.0818. The van der Waals surface area contributed by atoms with Crippen LogP contribution in [0.25, 0.3) is 0 Å². The zero-order chi connectivity index (χ0) is 19.1. The average Bonchev–Trinajstić information content (AvgIpc) is 3.19. The van der Waals surface area contributed by atoms with Gasteiger partial charge in [0.2, 0.25) is 10.0 Å². The Labute approximate surface area is 154 Å². The number of carbonyl (C=O) groups excluding carboxylic acids is 1. The molecule has 0 bridgehead atoms. The molecule has 26 heavy (non-hydrogen) atoms. The predicted octanol–water partition coefficient (Wildman–Crippen LogP) is 0.842. The molecule has 1 saturated heterocycles. The third kappa shape index (κ3) is 3.27. The van der Waals surface area contributed by atoms with E-state index in [1.165, 1.54) is 21.5 Å². The van der Waals surface area contributed by atoms with Crippen LogP contribution in [0.4, 0.5) is 0 Å². The van der Waals surface area contributed by atoms with Crippen molar-refractivity contribution in [1.82, 2.24) is 13.8 Å². The zero-order valence-corrected chi connectivity index (χ0v) is 16.0. The maximum Gasteiger partial charge on any atom is 0.269 e. The Morgan fingerprint density at radius 1 is 1.19 bits per heavy atom. The van der Waals surface area contributed by atoms with Crippen LogP contribution in [0.2, 0.25) is 0 Å². The molecule has 0 unspecified atom stereocenters. The van der Waals surface area contributed by atoms with Gasteiger partial charge in [-0.25, -0.2) is 8.42 Å². The van der Waals surface area contributed by atoms with E-state index < -0.39 is 10.0 Å². The lowest BCUT2D eigenvalue weighted by Gasteiger charge is -2.15. The van der Waals surface area contributed by atoms with Crippen molar-refractivity contribution < 1.29 is 13.2 Å². The third-order valence-corrected chi connectivity index (χ3v) is 6.60. The van der Waals surface area contributed by atoms with Crippen molar-refractivity contribution in [2.45, 2.75) is 16.9 Å². The molecule has 1 aliphatic heterocycles. The fourth-order valence-corrected chi connectivity index (χ4v) is 4.88. The molecule has 2 aromatic rings. The molecule has 2 atom stereocenters. The summed E-state index contributed by atoms with van der Waals surface area (Å²) >= 11 is 0. The molecule has 3 rings (SSSR count). The van der Waals surface area contributed by atoms with Crippen molar-refractivity contribution in [3.8, 4) is 0 Å². The molecule has 7 nitrogen and oxygen atoms in total. The molecule has 1 fully saturated rings. The Morgan fingerprint density at radius 3 is 2.46 bits per heavy atom. The van der Waals surface area contributed by atoms with Crippen LogP contribution in [0.15, 0.2) is 47.5 Å². The minimum atomic E-state index is -3.71. The van der Waals surface area contributed by atoms with E-state index >= 15 is 0 Å². The first-order valence-electron chi connectivity index (χ1n) is 8.40. The number of nitrogens with two attached hydrogens (primary N) is 1. The van der Waals surface area contributed by atoms with Gasteiger partial charge in [-0.05, 0) is 11.6 Å². The van der Waals surface area contributed by atoms with Crippen molar-refractivity contribution in [3.63, 3.8) is 0 Å². The molecule has 8 heteroatoms. The summed E-state index contributed by atoms with van der Waals surface area (Å²) in [6.07, 6.45) is 1.48. The Bertz CT molecular complexity index is 906. The number of sulfonamides is 1. The lowest BCUT2D eigenvalue weighted by Crippen LogP contribution is -2.32. The van der Waals surface area contributed by atoms with Gasteiger partial charge in [0.1, 0.15) is 10.6 Å². The maximum atomic E-state index is 13.0. The number of rotatable bonds is 4. The van der Waals surface area contributed by atoms with Gasteiger partial charge in [-0.2, -0.15) is 4.31 Å². The van der Waals surface area contributed by atoms with E-state index in [1.54, 1.807) is 25.7 Å². The van der Waals surface area contributed by atoms with Crippen molar-refractivity contribution in [3.05, 3.63) is 53.9 Å². The van der Waals surface area contributed by atoms with Gasteiger partial charge < -0.3 is 15.2 Å². The van der Waals surface area contributed by atoms with Crippen LogP contribution in [-0.2, 0) is 17.1 Å². The highest BCUT2D eigenvalue weighted by Crippen LogP contribution is 2.31. The smallest absolute Gasteiger partial charge is 0.269 e. The fraction of sp³-hybridized carbons (Fsp3) is 0.389. The molecule has 1 aliphatic rings. The first-order valence-corrected chi connectivity index (χ1v) is 9.84. The summed E-state index contributed by atoms with van der Waals surface area (Å²) in [5, 5.41) is 0. The number of hydrogen-bond acceptors (Lipinski definition) is 4. The molecule has 1 amide bonds. The Morgan fingerprint density at radius 2 is 1.85 bits per heavy atom. The Hall–Kier alpha value is -2.16. The lowest BCUT2D eigenvalue weighted by atomic mass is 9.95. The molecule has 1 aromatic carbocycles. The van der Waals surface area contributed by atoms with E-state index in [2.05, 4.69) is 0 Å². The second-order valence-corrected chi connectivity index (χ2v) is 8.81. The number of carbonyl (C=O) groups is 1. The van der Waals surface area contributed by atoms with Crippen LogP contribution in [0.1, 0.15) is 22.0 Å². The Balaban J connectivity index is 1.88. The van der Waals surface area contributed by atoms with E-state index in [9.17, 15) is 13.2 Å². The summed E-state index contributed by atoms with van der Waals surface area (Å²) in [5.74, 6) is -0.285. The first-order chi connectivity index (χ1) is 12.2. The van der Waals surface area contributed by atoms with Gasteiger partial charge in [0.15, 0.2) is 0 Å². The molecular weight excluding hydrogens is 352 g/mol. The summed E-state index contributed by atoms with van der Waals surface area (Å²) in [6.45, 7) is 0.590.